The molecular formula is C18H21ClN2O4S. The van der Waals surface area contributed by atoms with E-state index in [9.17, 15) is 9.59 Å². The summed E-state index contributed by atoms with van der Waals surface area (Å²) in [4.78, 5) is 28.8. The van der Waals surface area contributed by atoms with Gasteiger partial charge >= 0.3 is 5.97 Å². The van der Waals surface area contributed by atoms with Crippen molar-refractivity contribution in [1.82, 2.24) is 4.98 Å². The average molecular weight is 397 g/mol. The number of ether oxygens (including phenoxy) is 2. The minimum atomic E-state index is -0.745. The SMILES string of the molecule is CCc1nc(NC(=O)C(C)Oc2cc(C)c(Cl)c(C)c2)sc1C(=O)OC. The Morgan fingerprint density at radius 3 is 2.46 bits per heavy atom. The molecule has 1 atom stereocenters. The molecule has 26 heavy (non-hydrogen) atoms. The molecule has 2 rings (SSSR count). The molecule has 0 aliphatic carbocycles. The topological polar surface area (TPSA) is 77.5 Å². The zero-order valence-electron chi connectivity index (χ0n) is 15.3. The molecule has 0 saturated heterocycles. The molecule has 0 bridgehead atoms. The number of hydrogen-bond acceptors (Lipinski definition) is 6. The Balaban J connectivity index is 2.10. The first-order valence-electron chi connectivity index (χ1n) is 8.09. The smallest absolute Gasteiger partial charge is 0.350 e. The molecule has 2 aromatic rings. The molecule has 0 aliphatic rings. The summed E-state index contributed by atoms with van der Waals surface area (Å²) in [5, 5.41) is 3.71. The molecule has 0 spiro atoms. The van der Waals surface area contributed by atoms with Crippen molar-refractivity contribution < 1.29 is 19.1 Å². The summed E-state index contributed by atoms with van der Waals surface area (Å²) in [6.07, 6.45) is -0.183. The van der Waals surface area contributed by atoms with E-state index in [4.69, 9.17) is 21.1 Å². The summed E-state index contributed by atoms with van der Waals surface area (Å²) >= 11 is 7.23. The lowest BCUT2D eigenvalue weighted by molar-refractivity contribution is -0.122. The summed E-state index contributed by atoms with van der Waals surface area (Å²) < 4.78 is 10.5. The number of esters is 1. The highest BCUT2D eigenvalue weighted by Crippen LogP contribution is 2.27. The van der Waals surface area contributed by atoms with Gasteiger partial charge in [-0.1, -0.05) is 29.9 Å². The van der Waals surface area contributed by atoms with Gasteiger partial charge in [0.25, 0.3) is 5.91 Å². The van der Waals surface area contributed by atoms with Crippen LogP contribution in [-0.4, -0.2) is 30.1 Å². The number of aryl methyl sites for hydroxylation is 3. The Bertz CT molecular complexity index is 812. The number of anilines is 1. The van der Waals surface area contributed by atoms with Crippen LogP contribution in [0.1, 0.15) is 40.3 Å². The Kier molecular flexibility index (Phi) is 6.61. The van der Waals surface area contributed by atoms with E-state index in [1.54, 1.807) is 19.1 Å². The molecule has 0 aliphatic heterocycles. The summed E-state index contributed by atoms with van der Waals surface area (Å²) in [7, 11) is 1.31. The van der Waals surface area contributed by atoms with Crippen molar-refractivity contribution in [3.63, 3.8) is 0 Å². The second-order valence-corrected chi connectivity index (χ2v) is 7.14. The predicted molar refractivity (Wildman–Crippen MR) is 102 cm³/mol. The van der Waals surface area contributed by atoms with E-state index in [-0.39, 0.29) is 5.91 Å². The minimum Gasteiger partial charge on any atom is -0.481 e. The molecule has 6 nitrogen and oxygen atoms in total. The number of rotatable bonds is 6. The van der Waals surface area contributed by atoms with Gasteiger partial charge in [-0.25, -0.2) is 9.78 Å². The lowest BCUT2D eigenvalue weighted by atomic mass is 10.1. The normalized spacial score (nSPS) is 11.8. The summed E-state index contributed by atoms with van der Waals surface area (Å²) in [5.74, 6) is -0.255. The second kappa shape index (κ2) is 8.51. The summed E-state index contributed by atoms with van der Waals surface area (Å²) in [6.45, 7) is 7.28. The standard InChI is InChI=1S/C18H21ClN2O4S/c1-6-13-15(17(23)24-5)26-18(20-13)21-16(22)11(4)25-12-7-9(2)14(19)10(3)8-12/h7-8,11H,6H2,1-5H3,(H,20,21,22). The van der Waals surface area contributed by atoms with E-state index in [0.29, 0.717) is 32.9 Å². The van der Waals surface area contributed by atoms with E-state index < -0.39 is 12.1 Å². The van der Waals surface area contributed by atoms with E-state index in [0.717, 1.165) is 22.5 Å². The van der Waals surface area contributed by atoms with Crippen molar-refractivity contribution in [2.24, 2.45) is 0 Å². The van der Waals surface area contributed by atoms with E-state index in [1.807, 2.05) is 20.8 Å². The van der Waals surface area contributed by atoms with Crippen LogP contribution in [0.2, 0.25) is 5.02 Å². The van der Waals surface area contributed by atoms with Gasteiger partial charge in [-0.2, -0.15) is 0 Å². The molecule has 0 saturated carbocycles. The number of carbonyl (C=O) groups is 2. The van der Waals surface area contributed by atoms with Crippen LogP contribution < -0.4 is 10.1 Å². The quantitative estimate of drug-likeness (QED) is 0.741. The largest absolute Gasteiger partial charge is 0.481 e. The van der Waals surface area contributed by atoms with E-state index in [2.05, 4.69) is 10.3 Å². The first-order valence-corrected chi connectivity index (χ1v) is 9.28. The summed E-state index contributed by atoms with van der Waals surface area (Å²) in [5.41, 5.74) is 2.35. The fourth-order valence-electron chi connectivity index (χ4n) is 2.34. The van der Waals surface area contributed by atoms with Gasteiger partial charge in [-0.05, 0) is 50.5 Å². The maximum absolute atomic E-state index is 12.4. The van der Waals surface area contributed by atoms with Crippen molar-refractivity contribution in [2.75, 3.05) is 12.4 Å². The Morgan fingerprint density at radius 1 is 1.31 bits per heavy atom. The maximum atomic E-state index is 12.4. The van der Waals surface area contributed by atoms with Crippen LogP contribution in [0, 0.1) is 13.8 Å². The molecule has 1 N–H and O–H groups in total. The number of hydrogen-bond donors (Lipinski definition) is 1. The van der Waals surface area contributed by atoms with Gasteiger partial charge < -0.3 is 9.47 Å². The van der Waals surface area contributed by atoms with Gasteiger partial charge in [-0.3, -0.25) is 10.1 Å². The highest BCUT2D eigenvalue weighted by Gasteiger charge is 2.21. The third kappa shape index (κ3) is 4.53. The fraction of sp³-hybridized carbons (Fsp3) is 0.389. The van der Waals surface area contributed by atoms with Crippen molar-refractivity contribution in [3.05, 3.63) is 38.9 Å². The molecule has 1 amide bonds. The molecule has 1 aromatic heterocycles. The molecule has 8 heteroatoms. The Labute approximate surface area is 161 Å². The number of benzene rings is 1. The molecule has 1 unspecified atom stereocenters. The van der Waals surface area contributed by atoms with Crippen molar-refractivity contribution in [1.29, 1.82) is 0 Å². The van der Waals surface area contributed by atoms with Gasteiger partial charge in [0, 0.05) is 5.02 Å². The average Bonchev–Trinajstić information content (AvgIpc) is 3.01. The molecule has 0 radical (unpaired) electrons. The Hall–Kier alpha value is -2.12. The fourth-order valence-corrected chi connectivity index (χ4v) is 3.42. The number of carbonyl (C=O) groups excluding carboxylic acids is 2. The van der Waals surface area contributed by atoms with Crippen LogP contribution >= 0.6 is 22.9 Å². The predicted octanol–water partition coefficient (Wildman–Crippen LogP) is 4.17. The van der Waals surface area contributed by atoms with Crippen molar-refractivity contribution in [3.8, 4) is 5.75 Å². The number of thiazole rings is 1. The molecule has 140 valence electrons. The minimum absolute atomic E-state index is 0.339. The summed E-state index contributed by atoms with van der Waals surface area (Å²) in [6, 6.07) is 3.57. The third-order valence-electron chi connectivity index (χ3n) is 3.73. The first-order chi connectivity index (χ1) is 12.3. The number of methoxy groups -OCH3 is 1. The first kappa shape index (κ1) is 20.2. The highest BCUT2D eigenvalue weighted by atomic mass is 35.5. The van der Waals surface area contributed by atoms with Crippen molar-refractivity contribution in [2.45, 2.75) is 40.2 Å². The number of aromatic nitrogens is 1. The van der Waals surface area contributed by atoms with Crippen LogP contribution in [0.5, 0.6) is 5.75 Å². The molecule has 1 aromatic carbocycles. The van der Waals surface area contributed by atoms with Crippen LogP contribution in [0.4, 0.5) is 5.13 Å². The van der Waals surface area contributed by atoms with Crippen LogP contribution in [-0.2, 0) is 16.0 Å². The number of amides is 1. The van der Waals surface area contributed by atoms with Crippen LogP contribution in [0.25, 0.3) is 0 Å². The molecule has 1 heterocycles. The second-order valence-electron chi connectivity index (χ2n) is 5.76. The van der Waals surface area contributed by atoms with Crippen LogP contribution in [0.15, 0.2) is 12.1 Å². The van der Waals surface area contributed by atoms with Crippen LogP contribution in [0.3, 0.4) is 0 Å². The number of nitrogens with zero attached hydrogens (tertiary/aromatic N) is 1. The zero-order valence-corrected chi connectivity index (χ0v) is 16.9. The third-order valence-corrected chi connectivity index (χ3v) is 5.31. The van der Waals surface area contributed by atoms with E-state index in [1.165, 1.54) is 7.11 Å². The highest BCUT2D eigenvalue weighted by molar-refractivity contribution is 7.17. The van der Waals surface area contributed by atoms with Gasteiger partial charge in [0.1, 0.15) is 10.6 Å². The van der Waals surface area contributed by atoms with Gasteiger partial charge in [0.05, 0.1) is 12.8 Å². The monoisotopic (exact) mass is 396 g/mol. The van der Waals surface area contributed by atoms with Gasteiger partial charge in [0.15, 0.2) is 11.2 Å². The zero-order chi connectivity index (χ0) is 19.4. The van der Waals surface area contributed by atoms with Crippen molar-refractivity contribution >= 4 is 39.9 Å². The van der Waals surface area contributed by atoms with Gasteiger partial charge in [-0.15, -0.1) is 0 Å². The van der Waals surface area contributed by atoms with E-state index >= 15 is 0 Å². The lowest BCUT2D eigenvalue weighted by Crippen LogP contribution is -2.30. The maximum Gasteiger partial charge on any atom is 0.350 e. The number of halogens is 1. The lowest BCUT2D eigenvalue weighted by Gasteiger charge is -2.15. The van der Waals surface area contributed by atoms with Gasteiger partial charge in [0.2, 0.25) is 0 Å². The molecular weight excluding hydrogens is 376 g/mol. The number of nitrogens with one attached hydrogen (secondary N) is 1. The molecule has 0 fully saturated rings. The Morgan fingerprint density at radius 2 is 1.92 bits per heavy atom.